The van der Waals surface area contributed by atoms with Gasteiger partial charge in [-0.1, -0.05) is 48.5 Å². The number of aliphatic hydroxyl groups is 1. The van der Waals surface area contributed by atoms with E-state index in [-0.39, 0.29) is 24.1 Å². The zero-order chi connectivity index (χ0) is 21.4. The van der Waals surface area contributed by atoms with E-state index in [1.165, 1.54) is 22.3 Å². The number of hydrogen-bond acceptors (Lipinski definition) is 3. The normalized spacial score (nSPS) is 26.6. The standard InChI is InChI=1S/C27H29NO3/c1-2-3-15-27(30)16-19-9-8-10-20(17-27)28(19)26(29)31-18-25-23-13-6-4-11-21(23)22-12-5-7-14-24(22)25/h1,4-7,11-14,19-20,25,30H,3,8-10,15-18H2. The maximum absolute atomic E-state index is 13.2. The molecule has 31 heavy (non-hydrogen) atoms. The van der Waals surface area contributed by atoms with E-state index in [4.69, 9.17) is 11.2 Å². The highest BCUT2D eigenvalue weighted by Crippen LogP contribution is 2.45. The number of ether oxygens (including phenoxy) is 1. The minimum Gasteiger partial charge on any atom is -0.448 e. The van der Waals surface area contributed by atoms with Crippen LogP contribution in [0.3, 0.4) is 0 Å². The van der Waals surface area contributed by atoms with Crippen LogP contribution in [0, 0.1) is 12.3 Å². The first-order chi connectivity index (χ1) is 15.1. The Hall–Kier alpha value is -2.77. The summed E-state index contributed by atoms with van der Waals surface area (Å²) in [6.07, 6.45) is 10.5. The van der Waals surface area contributed by atoms with Gasteiger partial charge in [0.2, 0.25) is 0 Å². The Morgan fingerprint density at radius 1 is 1.06 bits per heavy atom. The van der Waals surface area contributed by atoms with Crippen molar-refractivity contribution in [2.75, 3.05) is 6.61 Å². The largest absolute Gasteiger partial charge is 0.448 e. The zero-order valence-corrected chi connectivity index (χ0v) is 17.8. The molecule has 2 atom stereocenters. The average Bonchev–Trinajstić information content (AvgIpc) is 3.09. The van der Waals surface area contributed by atoms with Gasteiger partial charge >= 0.3 is 6.09 Å². The first kappa shape index (κ1) is 20.2. The second kappa shape index (κ2) is 8.05. The van der Waals surface area contributed by atoms with Gasteiger partial charge < -0.3 is 14.7 Å². The number of hydrogen-bond donors (Lipinski definition) is 1. The molecule has 2 saturated heterocycles. The van der Waals surface area contributed by atoms with Crippen LogP contribution < -0.4 is 0 Å². The van der Waals surface area contributed by atoms with Gasteiger partial charge in [-0.3, -0.25) is 0 Å². The molecule has 2 fully saturated rings. The first-order valence-corrected chi connectivity index (χ1v) is 11.4. The molecule has 2 aliphatic heterocycles. The molecular formula is C27H29NO3. The van der Waals surface area contributed by atoms with Crippen molar-refractivity contribution in [3.8, 4) is 23.5 Å². The van der Waals surface area contributed by atoms with Crippen molar-refractivity contribution in [3.63, 3.8) is 0 Å². The average molecular weight is 416 g/mol. The SMILES string of the molecule is C#CCCC1(O)CC2CCCC(C1)N2C(=O)OCC1c2ccccc2-c2ccccc21. The summed E-state index contributed by atoms with van der Waals surface area (Å²) in [6.45, 7) is 0.337. The van der Waals surface area contributed by atoms with Gasteiger partial charge in [-0.25, -0.2) is 4.79 Å². The molecule has 1 N–H and O–H groups in total. The minimum atomic E-state index is -0.762. The molecule has 2 heterocycles. The molecule has 0 spiro atoms. The van der Waals surface area contributed by atoms with Crippen LogP contribution in [0.1, 0.15) is 62.0 Å². The van der Waals surface area contributed by atoms with Crippen LogP contribution >= 0.6 is 0 Å². The Morgan fingerprint density at radius 3 is 2.23 bits per heavy atom. The summed E-state index contributed by atoms with van der Waals surface area (Å²) in [7, 11) is 0. The monoisotopic (exact) mass is 415 g/mol. The topological polar surface area (TPSA) is 49.8 Å². The van der Waals surface area contributed by atoms with Gasteiger partial charge in [0.05, 0.1) is 5.60 Å². The molecule has 4 heteroatoms. The number of carbonyl (C=O) groups is 1. The molecule has 2 aromatic rings. The van der Waals surface area contributed by atoms with Crippen molar-refractivity contribution in [1.82, 2.24) is 4.90 Å². The summed E-state index contributed by atoms with van der Waals surface area (Å²) in [4.78, 5) is 15.1. The molecule has 5 rings (SSSR count). The number of rotatable bonds is 4. The third-order valence-electron chi connectivity index (χ3n) is 7.37. The lowest BCUT2D eigenvalue weighted by molar-refractivity contribution is -0.0877. The molecule has 4 nitrogen and oxygen atoms in total. The first-order valence-electron chi connectivity index (χ1n) is 11.4. The number of benzene rings is 2. The van der Waals surface area contributed by atoms with Crippen molar-refractivity contribution in [2.45, 2.75) is 68.5 Å². The predicted molar refractivity (Wildman–Crippen MR) is 121 cm³/mol. The molecular weight excluding hydrogens is 386 g/mol. The summed E-state index contributed by atoms with van der Waals surface area (Å²) < 4.78 is 5.94. The lowest BCUT2D eigenvalue weighted by Crippen LogP contribution is -2.60. The smallest absolute Gasteiger partial charge is 0.410 e. The maximum Gasteiger partial charge on any atom is 0.410 e. The number of nitrogens with zero attached hydrogens (tertiary/aromatic N) is 1. The van der Waals surface area contributed by atoms with E-state index in [9.17, 15) is 9.90 Å². The quantitative estimate of drug-likeness (QED) is 0.707. The van der Waals surface area contributed by atoms with Gasteiger partial charge in [-0.05, 0) is 60.8 Å². The molecule has 2 bridgehead atoms. The van der Waals surface area contributed by atoms with Gasteiger partial charge in [0.25, 0.3) is 0 Å². The summed E-state index contributed by atoms with van der Waals surface area (Å²) in [5.74, 6) is 2.71. The highest BCUT2D eigenvalue weighted by atomic mass is 16.6. The Balaban J connectivity index is 1.31. The minimum absolute atomic E-state index is 0.0333. The third kappa shape index (κ3) is 3.62. The van der Waals surface area contributed by atoms with Gasteiger partial charge in [-0.15, -0.1) is 12.3 Å². The van der Waals surface area contributed by atoms with E-state index in [2.05, 4.69) is 42.3 Å². The zero-order valence-electron chi connectivity index (χ0n) is 17.8. The Morgan fingerprint density at radius 2 is 1.65 bits per heavy atom. The van der Waals surface area contributed by atoms with Gasteiger partial charge in [0, 0.05) is 24.4 Å². The van der Waals surface area contributed by atoms with Crippen molar-refractivity contribution in [1.29, 1.82) is 0 Å². The van der Waals surface area contributed by atoms with Crippen molar-refractivity contribution >= 4 is 6.09 Å². The fraction of sp³-hybridized carbons (Fsp3) is 0.444. The highest BCUT2D eigenvalue weighted by molar-refractivity contribution is 5.79. The number of carbonyl (C=O) groups excluding carboxylic acids is 1. The Labute approximate surface area is 184 Å². The van der Waals surface area contributed by atoms with E-state index >= 15 is 0 Å². The molecule has 0 aromatic heterocycles. The van der Waals surface area contributed by atoms with E-state index in [0.29, 0.717) is 32.3 Å². The summed E-state index contributed by atoms with van der Waals surface area (Å²) >= 11 is 0. The molecule has 2 aromatic carbocycles. The van der Waals surface area contributed by atoms with Gasteiger partial charge in [-0.2, -0.15) is 0 Å². The van der Waals surface area contributed by atoms with Crippen LogP contribution in [0.5, 0.6) is 0 Å². The van der Waals surface area contributed by atoms with Crippen molar-refractivity contribution in [3.05, 3.63) is 59.7 Å². The van der Waals surface area contributed by atoms with E-state index in [0.717, 1.165) is 19.3 Å². The summed E-state index contributed by atoms with van der Waals surface area (Å²) in [5, 5.41) is 11.1. The second-order valence-electron chi connectivity index (χ2n) is 9.29. The van der Waals surface area contributed by atoms with Crippen LogP contribution in [0.4, 0.5) is 4.79 Å². The number of amides is 1. The Bertz CT molecular complexity index is 964. The molecule has 160 valence electrons. The Kier molecular flexibility index (Phi) is 5.24. The lowest BCUT2D eigenvalue weighted by Gasteiger charge is -2.51. The molecule has 1 aliphatic carbocycles. The number of fused-ring (bicyclic) bond motifs is 5. The number of terminal acetylenes is 1. The van der Waals surface area contributed by atoms with Crippen LogP contribution in [0.25, 0.3) is 11.1 Å². The lowest BCUT2D eigenvalue weighted by atomic mass is 9.74. The van der Waals surface area contributed by atoms with Crippen molar-refractivity contribution < 1.29 is 14.6 Å². The number of piperidine rings is 2. The molecule has 0 radical (unpaired) electrons. The fourth-order valence-corrected chi connectivity index (χ4v) is 6.00. The van der Waals surface area contributed by atoms with E-state index < -0.39 is 5.60 Å². The summed E-state index contributed by atoms with van der Waals surface area (Å²) in [6, 6.07) is 16.8. The van der Waals surface area contributed by atoms with E-state index in [1.54, 1.807) is 0 Å². The molecule has 0 saturated carbocycles. The molecule has 2 unspecified atom stereocenters. The van der Waals surface area contributed by atoms with Crippen LogP contribution in [0.15, 0.2) is 48.5 Å². The van der Waals surface area contributed by atoms with Gasteiger partial charge in [0.15, 0.2) is 0 Å². The van der Waals surface area contributed by atoms with Crippen molar-refractivity contribution in [2.24, 2.45) is 0 Å². The van der Waals surface area contributed by atoms with Crippen LogP contribution in [-0.2, 0) is 4.74 Å². The van der Waals surface area contributed by atoms with E-state index in [1.807, 2.05) is 17.0 Å². The van der Waals surface area contributed by atoms with Crippen LogP contribution in [0.2, 0.25) is 0 Å². The summed E-state index contributed by atoms with van der Waals surface area (Å²) in [5.41, 5.74) is 4.14. The molecule has 3 aliphatic rings. The maximum atomic E-state index is 13.2. The third-order valence-corrected chi connectivity index (χ3v) is 7.37. The second-order valence-corrected chi connectivity index (χ2v) is 9.29. The van der Waals surface area contributed by atoms with Gasteiger partial charge in [0.1, 0.15) is 6.61 Å². The highest BCUT2D eigenvalue weighted by Gasteiger charge is 2.47. The van der Waals surface area contributed by atoms with Crippen LogP contribution in [-0.4, -0.2) is 40.4 Å². The predicted octanol–water partition coefficient (Wildman–Crippen LogP) is 5.10. The fourth-order valence-electron chi connectivity index (χ4n) is 6.00. The molecule has 1 amide bonds.